The van der Waals surface area contributed by atoms with E-state index in [0.717, 1.165) is 16.0 Å². The molecule has 0 radical (unpaired) electrons. The second-order valence-electron chi connectivity index (χ2n) is 9.08. The Hall–Kier alpha value is -3.88. The van der Waals surface area contributed by atoms with Crippen molar-refractivity contribution in [2.45, 2.75) is 46.0 Å². The molecule has 1 atom stereocenters. The zero-order valence-electron chi connectivity index (χ0n) is 21.1. The van der Waals surface area contributed by atoms with Crippen molar-refractivity contribution < 1.29 is 38.1 Å². The van der Waals surface area contributed by atoms with Gasteiger partial charge in [0.15, 0.2) is 0 Å². The topological polar surface area (TPSA) is 108 Å². The van der Waals surface area contributed by atoms with E-state index in [4.69, 9.17) is 18.9 Å². The lowest BCUT2D eigenvalue weighted by Gasteiger charge is -2.28. The highest BCUT2D eigenvalue weighted by atomic mass is 16.6. The van der Waals surface area contributed by atoms with Crippen molar-refractivity contribution in [1.82, 2.24) is 4.90 Å². The van der Waals surface area contributed by atoms with Crippen molar-refractivity contribution in [2.75, 3.05) is 20.2 Å². The predicted octanol–water partition coefficient (Wildman–Crippen LogP) is 3.89. The third-order valence-corrected chi connectivity index (χ3v) is 4.85. The number of carbonyl (C=O) groups excluding carboxylic acids is 4. The van der Waals surface area contributed by atoms with Crippen molar-refractivity contribution in [3.05, 3.63) is 71.8 Å². The first kappa shape index (κ1) is 28.4. The molecule has 0 spiro atoms. The Morgan fingerprint density at radius 2 is 1.31 bits per heavy atom. The van der Waals surface area contributed by atoms with Gasteiger partial charge in [-0.1, -0.05) is 60.7 Å². The van der Waals surface area contributed by atoms with Gasteiger partial charge in [0.05, 0.1) is 19.4 Å². The number of hydrogen-bond donors (Lipinski definition) is 0. The quantitative estimate of drug-likeness (QED) is 0.338. The summed E-state index contributed by atoms with van der Waals surface area (Å²) in [6.07, 6.45) is -1.18. The molecule has 1 amide bonds. The van der Waals surface area contributed by atoms with E-state index in [1.807, 2.05) is 36.4 Å². The molecular formula is C27H33NO8. The lowest BCUT2D eigenvalue weighted by Crippen LogP contribution is -2.44. The number of carbonyl (C=O) groups is 4. The van der Waals surface area contributed by atoms with Gasteiger partial charge < -0.3 is 18.9 Å². The molecule has 36 heavy (non-hydrogen) atoms. The lowest BCUT2D eigenvalue weighted by atomic mass is 10.1. The van der Waals surface area contributed by atoms with Gasteiger partial charge in [-0.25, -0.2) is 4.79 Å². The molecule has 0 unspecified atom stereocenters. The van der Waals surface area contributed by atoms with Crippen LogP contribution in [0.3, 0.4) is 0 Å². The molecule has 0 bridgehead atoms. The highest BCUT2D eigenvalue weighted by molar-refractivity contribution is 5.82. The molecule has 0 aliphatic carbocycles. The van der Waals surface area contributed by atoms with Crippen LogP contribution >= 0.6 is 0 Å². The second-order valence-corrected chi connectivity index (χ2v) is 9.08. The summed E-state index contributed by atoms with van der Waals surface area (Å²) in [6.45, 7) is 4.31. The largest absolute Gasteiger partial charge is 0.469 e. The minimum absolute atomic E-state index is 0.0219. The maximum absolute atomic E-state index is 12.8. The number of amides is 1. The van der Waals surface area contributed by atoms with Crippen LogP contribution in [0.5, 0.6) is 0 Å². The Morgan fingerprint density at radius 1 is 0.806 bits per heavy atom. The van der Waals surface area contributed by atoms with E-state index in [-0.39, 0.29) is 26.2 Å². The van der Waals surface area contributed by atoms with Crippen molar-refractivity contribution >= 4 is 24.0 Å². The number of ether oxygens (including phenoxy) is 4. The van der Waals surface area contributed by atoms with Crippen molar-refractivity contribution in [2.24, 2.45) is 5.92 Å². The molecule has 2 aromatic carbocycles. The highest BCUT2D eigenvalue weighted by Crippen LogP contribution is 2.16. The summed E-state index contributed by atoms with van der Waals surface area (Å²) in [5.41, 5.74) is 0.721. The molecule has 194 valence electrons. The molecule has 9 heteroatoms. The van der Waals surface area contributed by atoms with E-state index in [2.05, 4.69) is 0 Å². The summed E-state index contributed by atoms with van der Waals surface area (Å²) in [4.78, 5) is 51.3. The molecule has 2 aromatic rings. The standard InChI is InChI=1S/C27H33NO8/c1-27(2,3)36-26(32)28(17-24(30)35-19-21-13-9-6-10-14-21)16-22(25(31)33-4)15-23(29)34-18-20-11-7-5-8-12-20/h5-14,22H,15-19H2,1-4H3/t22-/m1/s1. The number of benzene rings is 2. The van der Waals surface area contributed by atoms with Gasteiger partial charge in [0.1, 0.15) is 25.4 Å². The molecule has 0 saturated carbocycles. The maximum atomic E-state index is 12.8. The Labute approximate surface area is 211 Å². The van der Waals surface area contributed by atoms with Crippen LogP contribution in [0, 0.1) is 5.92 Å². The van der Waals surface area contributed by atoms with Crippen LogP contribution in [0.1, 0.15) is 38.3 Å². The van der Waals surface area contributed by atoms with Crippen molar-refractivity contribution in [3.63, 3.8) is 0 Å². The van der Waals surface area contributed by atoms with E-state index in [1.165, 1.54) is 7.11 Å². The minimum atomic E-state index is -1.08. The summed E-state index contributed by atoms with van der Waals surface area (Å²) in [5, 5.41) is 0. The van der Waals surface area contributed by atoms with E-state index >= 15 is 0 Å². The fourth-order valence-corrected chi connectivity index (χ4v) is 3.12. The summed E-state index contributed by atoms with van der Waals surface area (Å²) in [6, 6.07) is 18.1. The van der Waals surface area contributed by atoms with Crippen LogP contribution in [-0.4, -0.2) is 54.7 Å². The van der Waals surface area contributed by atoms with Gasteiger partial charge in [0.2, 0.25) is 0 Å². The lowest BCUT2D eigenvalue weighted by molar-refractivity contribution is -0.155. The van der Waals surface area contributed by atoms with Crippen LogP contribution < -0.4 is 0 Å². The average Bonchev–Trinajstić information content (AvgIpc) is 2.85. The van der Waals surface area contributed by atoms with Gasteiger partial charge in [0, 0.05) is 6.54 Å². The van der Waals surface area contributed by atoms with E-state index in [1.54, 1.807) is 45.0 Å². The number of nitrogens with zero attached hydrogens (tertiary/aromatic N) is 1. The maximum Gasteiger partial charge on any atom is 0.410 e. The van der Waals surface area contributed by atoms with Gasteiger partial charge in [-0.3, -0.25) is 19.3 Å². The fraction of sp³-hybridized carbons (Fsp3) is 0.407. The molecule has 0 fully saturated rings. The third-order valence-electron chi connectivity index (χ3n) is 4.85. The molecule has 9 nitrogen and oxygen atoms in total. The van der Waals surface area contributed by atoms with Crippen LogP contribution in [0.15, 0.2) is 60.7 Å². The van der Waals surface area contributed by atoms with E-state index in [0.29, 0.717) is 0 Å². The van der Waals surface area contributed by atoms with Gasteiger partial charge >= 0.3 is 24.0 Å². The van der Waals surface area contributed by atoms with E-state index in [9.17, 15) is 19.2 Å². The average molecular weight is 500 g/mol. The van der Waals surface area contributed by atoms with Crippen LogP contribution in [0.25, 0.3) is 0 Å². The van der Waals surface area contributed by atoms with Crippen molar-refractivity contribution in [1.29, 1.82) is 0 Å². The molecule has 0 aliphatic heterocycles. The predicted molar refractivity (Wildman–Crippen MR) is 130 cm³/mol. The molecule has 0 aliphatic rings. The van der Waals surface area contributed by atoms with Crippen LogP contribution in [-0.2, 0) is 46.5 Å². The Kier molecular flexibility index (Phi) is 10.9. The Balaban J connectivity index is 2.07. The first-order valence-corrected chi connectivity index (χ1v) is 11.5. The normalized spacial score (nSPS) is 11.7. The zero-order valence-corrected chi connectivity index (χ0v) is 21.1. The smallest absolute Gasteiger partial charge is 0.410 e. The monoisotopic (exact) mass is 499 g/mol. The number of hydrogen-bond acceptors (Lipinski definition) is 8. The van der Waals surface area contributed by atoms with Gasteiger partial charge in [-0.05, 0) is 31.9 Å². The highest BCUT2D eigenvalue weighted by Gasteiger charge is 2.32. The number of rotatable bonds is 11. The minimum Gasteiger partial charge on any atom is -0.469 e. The Morgan fingerprint density at radius 3 is 1.78 bits per heavy atom. The van der Waals surface area contributed by atoms with Crippen LogP contribution in [0.4, 0.5) is 4.79 Å². The molecule has 0 saturated heterocycles. The molecular weight excluding hydrogens is 466 g/mol. The first-order chi connectivity index (χ1) is 17.1. The number of methoxy groups -OCH3 is 1. The van der Waals surface area contributed by atoms with Gasteiger partial charge in [-0.15, -0.1) is 0 Å². The summed E-state index contributed by atoms with van der Waals surface area (Å²) in [7, 11) is 1.18. The first-order valence-electron chi connectivity index (χ1n) is 11.5. The summed E-state index contributed by atoms with van der Waals surface area (Å²) < 4.78 is 20.8. The third kappa shape index (κ3) is 10.6. The Bertz CT molecular complexity index is 1000. The zero-order chi connectivity index (χ0) is 26.6. The van der Waals surface area contributed by atoms with Gasteiger partial charge in [-0.2, -0.15) is 0 Å². The molecule has 0 aromatic heterocycles. The summed E-state index contributed by atoms with van der Waals surface area (Å²) in [5.74, 6) is -3.14. The fourth-order valence-electron chi connectivity index (χ4n) is 3.12. The molecule has 2 rings (SSSR count). The SMILES string of the molecule is COC(=O)[C@H](CC(=O)OCc1ccccc1)CN(CC(=O)OCc1ccccc1)C(=O)OC(C)(C)C. The van der Waals surface area contributed by atoms with Crippen molar-refractivity contribution in [3.8, 4) is 0 Å². The second kappa shape index (κ2) is 13.9. The van der Waals surface area contributed by atoms with Crippen LogP contribution in [0.2, 0.25) is 0 Å². The molecule has 0 heterocycles. The molecule has 0 N–H and O–H groups in total. The van der Waals surface area contributed by atoms with E-state index < -0.39 is 42.1 Å². The van der Waals surface area contributed by atoms with Gasteiger partial charge in [0.25, 0.3) is 0 Å². The summed E-state index contributed by atoms with van der Waals surface area (Å²) >= 11 is 0. The number of esters is 3.